The molecular formula is C108H64O4. The Morgan fingerprint density at radius 3 is 1.03 bits per heavy atom. The Labute approximate surface area is 665 Å². The van der Waals surface area contributed by atoms with E-state index in [-0.39, 0.29) is 103 Å². The maximum Gasteiger partial charge on any atom is 0.136 e. The topological polar surface area (TPSA) is 52.6 Å². The van der Waals surface area contributed by atoms with Crippen molar-refractivity contribution >= 4 is 152 Å². The van der Waals surface area contributed by atoms with E-state index < -0.39 is 48.3 Å². The molecule has 0 atom stereocenters. The van der Waals surface area contributed by atoms with Gasteiger partial charge in [0.25, 0.3) is 0 Å². The van der Waals surface area contributed by atoms with Gasteiger partial charge in [0.05, 0.1) is 21.9 Å². The van der Waals surface area contributed by atoms with Crippen LogP contribution in [-0.4, -0.2) is 0 Å². The van der Waals surface area contributed by atoms with E-state index in [1.165, 1.54) is 0 Å². The van der Waals surface area contributed by atoms with E-state index in [1.807, 2.05) is 273 Å². The highest BCUT2D eigenvalue weighted by atomic mass is 16.3. The van der Waals surface area contributed by atoms with E-state index in [0.29, 0.717) is 50.1 Å². The minimum atomic E-state index is -0.447. The Kier molecular flexibility index (Phi) is 11.2. The fraction of sp³-hybridized carbons (Fsp3) is 0. The fourth-order valence-electron chi connectivity index (χ4n) is 17.3. The van der Waals surface area contributed by atoms with Crippen LogP contribution in [0.4, 0.5) is 0 Å². The van der Waals surface area contributed by atoms with Crippen LogP contribution in [0, 0.1) is 0 Å². The Morgan fingerprint density at radius 1 is 0.161 bits per heavy atom. The summed E-state index contributed by atoms with van der Waals surface area (Å²) in [5, 5.41) is 12.3. The lowest BCUT2D eigenvalue weighted by molar-refractivity contribution is 0.668. The van der Waals surface area contributed by atoms with Crippen LogP contribution in [-0.2, 0) is 0 Å². The number of para-hydroxylation sites is 4. The van der Waals surface area contributed by atoms with Gasteiger partial charge in [0.15, 0.2) is 0 Å². The number of benzene rings is 20. The molecule has 0 aliphatic rings. The van der Waals surface area contributed by atoms with Crippen molar-refractivity contribution in [2.24, 2.45) is 0 Å². The molecule has 520 valence electrons. The van der Waals surface area contributed by atoms with Crippen LogP contribution in [0.25, 0.3) is 241 Å². The molecule has 0 amide bonds. The van der Waals surface area contributed by atoms with Crippen molar-refractivity contribution in [2.45, 2.75) is 0 Å². The predicted octanol–water partition coefficient (Wildman–Crippen LogP) is 31.2. The molecule has 0 aliphatic carbocycles. The molecule has 0 N–H and O–H groups in total. The van der Waals surface area contributed by atoms with E-state index in [4.69, 9.17) is 28.6 Å². The third kappa shape index (κ3) is 10.0. The van der Waals surface area contributed by atoms with E-state index in [0.717, 1.165) is 137 Å². The average molecular weight is 1440 g/mol. The van der Waals surface area contributed by atoms with Crippen LogP contribution in [0.1, 0.15) is 21.9 Å². The van der Waals surface area contributed by atoms with Gasteiger partial charge in [-0.05, 0) is 221 Å². The second kappa shape index (κ2) is 25.4. The molecule has 112 heavy (non-hydrogen) atoms. The lowest BCUT2D eigenvalue weighted by Gasteiger charge is -2.19. The fourth-order valence-corrected chi connectivity index (χ4v) is 17.3. The monoisotopic (exact) mass is 1440 g/mol. The van der Waals surface area contributed by atoms with Crippen molar-refractivity contribution in [1.82, 2.24) is 0 Å². The molecule has 24 rings (SSSR count). The summed E-state index contributed by atoms with van der Waals surface area (Å²) in [5.41, 5.74) is 16.1. The predicted molar refractivity (Wildman–Crippen MR) is 471 cm³/mol. The van der Waals surface area contributed by atoms with Crippen LogP contribution in [0.3, 0.4) is 0 Å². The quantitative estimate of drug-likeness (QED) is 0.142. The number of hydrogen-bond acceptors (Lipinski definition) is 4. The summed E-state index contributed by atoms with van der Waals surface area (Å²) >= 11 is 0. The van der Waals surface area contributed by atoms with E-state index in [1.54, 1.807) is 0 Å². The van der Waals surface area contributed by atoms with Crippen LogP contribution in [0.5, 0.6) is 0 Å². The molecule has 0 radical (unpaired) electrons. The standard InChI is InChI=1S/2C54H32O2/c1-2-17-37-33(13-1)14-12-24-40(37)53-43-21-5-3-19-41(43)51(42-20-4-6-22-44(42)53)35-15-11-16-36(31-35)52-38(28-30-50-54(52)45-23-8-10-26-48(45)56-50)34-27-29-49-46(32-34)39-18-7-9-25-47(39)55-49;1-2-13-34-30-38(25-24-33(34)12-1)52-44-19-5-3-17-42(44)51(43-18-4-6-20-45(43)52)36-14-11-15-37(31-36)53-39(28-29-49-54(53)46-21-8-10-23-48(46)55-49)35-26-27-41-40-16-7-9-22-47(40)56-50(41)32-35/h2*1-32H/i3D,4D,5D,6D,19D,20D,21D,22D;3D,4D,5D,6D,17D,18D,19D,20D. The third-order valence-corrected chi connectivity index (χ3v) is 22.2. The van der Waals surface area contributed by atoms with Gasteiger partial charge in [0.1, 0.15) is 44.7 Å². The first kappa shape index (κ1) is 49.2. The van der Waals surface area contributed by atoms with E-state index in [9.17, 15) is 11.0 Å². The van der Waals surface area contributed by atoms with Crippen molar-refractivity contribution in [3.05, 3.63) is 388 Å². The van der Waals surface area contributed by atoms with Crippen molar-refractivity contribution in [1.29, 1.82) is 0 Å². The summed E-state index contributed by atoms with van der Waals surface area (Å²) in [6, 6.07) is 88.1. The normalized spacial score (nSPS) is 13.9. The molecule has 4 nitrogen and oxygen atoms in total. The van der Waals surface area contributed by atoms with Gasteiger partial charge in [-0.1, -0.05) is 309 Å². The molecule has 0 unspecified atom stereocenters. The summed E-state index contributed by atoms with van der Waals surface area (Å²) in [7, 11) is 0. The zero-order valence-electron chi connectivity index (χ0n) is 75.3. The number of rotatable bonds is 8. The zero-order chi connectivity index (χ0) is 87.4. The maximum atomic E-state index is 9.58. The first-order valence-electron chi connectivity index (χ1n) is 45.0. The molecular weight excluding hydrogens is 1360 g/mol. The lowest BCUT2D eigenvalue weighted by atomic mass is 9.83. The number of hydrogen-bond donors (Lipinski definition) is 0. The molecule has 4 heterocycles. The van der Waals surface area contributed by atoms with Gasteiger partial charge in [-0.15, -0.1) is 0 Å². The summed E-state index contributed by atoms with van der Waals surface area (Å²) in [5.74, 6) is 0. The first-order valence-corrected chi connectivity index (χ1v) is 37.0. The molecule has 0 aliphatic heterocycles. The molecule has 24 aromatic rings. The molecule has 0 bridgehead atoms. The highest BCUT2D eigenvalue weighted by Gasteiger charge is 2.26. The summed E-state index contributed by atoms with van der Waals surface area (Å²) < 4.78 is 173. The Bertz CT molecular complexity index is 8910. The average Bonchev–Trinajstić information content (AvgIpc) is 1.13. The molecule has 0 fully saturated rings. The molecule has 4 heteroatoms. The van der Waals surface area contributed by atoms with Gasteiger partial charge < -0.3 is 17.7 Å². The minimum Gasteiger partial charge on any atom is -0.456 e. The second-order valence-electron chi connectivity index (χ2n) is 28.3. The first-order chi connectivity index (χ1) is 62.2. The highest BCUT2D eigenvalue weighted by Crippen LogP contribution is 2.52. The Hall–Kier alpha value is -14.8. The third-order valence-electron chi connectivity index (χ3n) is 22.2. The van der Waals surface area contributed by atoms with Crippen LogP contribution < -0.4 is 0 Å². The van der Waals surface area contributed by atoms with Crippen LogP contribution >= 0.6 is 0 Å². The summed E-state index contributed by atoms with van der Waals surface area (Å²) in [6.45, 7) is 0. The SMILES string of the molecule is [2H]c1c([2H])c([2H])c2c(-c3ccc4ccccc4c3)c3c([2H])c([2H])c([2H])c([2H])c3c(-c3cccc(-c4c(-c5ccc6c(c5)oc5ccccc56)ccc5oc6ccccc6c45)c3)c2c1[2H].[2H]c1c([2H])c([2H])c2c(-c3cccc4ccccc34)c3c([2H])c([2H])c([2H])c([2H])c3c(-c3cccc(-c4c(-c5ccc6oc7ccccc7c6c5)ccc5oc6ccccc6c45)c3)c2c1[2H]. The molecule has 0 spiro atoms. The van der Waals surface area contributed by atoms with Gasteiger partial charge >= 0.3 is 0 Å². The Morgan fingerprint density at radius 2 is 0.500 bits per heavy atom. The largest absolute Gasteiger partial charge is 0.456 e. The van der Waals surface area contributed by atoms with Crippen molar-refractivity contribution < 1.29 is 39.6 Å². The van der Waals surface area contributed by atoms with Crippen molar-refractivity contribution in [2.75, 3.05) is 0 Å². The van der Waals surface area contributed by atoms with Crippen molar-refractivity contribution in [3.63, 3.8) is 0 Å². The van der Waals surface area contributed by atoms with Crippen molar-refractivity contribution in [3.8, 4) is 89.0 Å². The summed E-state index contributed by atoms with van der Waals surface area (Å²) in [4.78, 5) is 0. The second-order valence-corrected chi connectivity index (χ2v) is 28.3. The highest BCUT2D eigenvalue weighted by molar-refractivity contribution is 6.26. The van der Waals surface area contributed by atoms with Gasteiger partial charge in [-0.3, -0.25) is 0 Å². The summed E-state index contributed by atoms with van der Waals surface area (Å²) in [6.07, 6.45) is 0. The number of furan rings is 4. The van der Waals surface area contributed by atoms with E-state index >= 15 is 0 Å². The smallest absolute Gasteiger partial charge is 0.136 e. The molecule has 4 aromatic heterocycles. The van der Waals surface area contributed by atoms with Gasteiger partial charge in [-0.25, -0.2) is 0 Å². The van der Waals surface area contributed by atoms with Crippen LogP contribution in [0.2, 0.25) is 0 Å². The molecule has 20 aromatic carbocycles. The Balaban J connectivity index is 0.000000146. The zero-order valence-corrected chi connectivity index (χ0v) is 59.3. The maximum absolute atomic E-state index is 9.58. The lowest BCUT2D eigenvalue weighted by Crippen LogP contribution is -1.92. The van der Waals surface area contributed by atoms with Crippen LogP contribution in [0.15, 0.2) is 406 Å². The molecule has 0 saturated heterocycles. The van der Waals surface area contributed by atoms with Gasteiger partial charge in [0.2, 0.25) is 0 Å². The number of fused-ring (bicyclic) bond motifs is 18. The minimum absolute atomic E-state index is 0.159. The van der Waals surface area contributed by atoms with Gasteiger partial charge in [-0.2, -0.15) is 0 Å². The van der Waals surface area contributed by atoms with E-state index in [2.05, 4.69) is 18.2 Å². The van der Waals surface area contributed by atoms with Gasteiger partial charge in [0, 0.05) is 54.2 Å². The molecule has 0 saturated carbocycles.